The number of hydrogen-bond donors (Lipinski definition) is 1. The van der Waals surface area contributed by atoms with Gasteiger partial charge in [0.25, 0.3) is 0 Å². The van der Waals surface area contributed by atoms with E-state index < -0.39 is 11.8 Å². The van der Waals surface area contributed by atoms with E-state index in [1.807, 2.05) is 0 Å². The van der Waals surface area contributed by atoms with E-state index in [-0.39, 0.29) is 18.9 Å². The number of aromatic nitrogens is 3. The molecule has 0 bridgehead atoms. The van der Waals surface area contributed by atoms with Crippen molar-refractivity contribution in [3.63, 3.8) is 0 Å². The number of fused-ring (bicyclic) bond motifs is 1. The quantitative estimate of drug-likeness (QED) is 0.682. The average Bonchev–Trinajstić information content (AvgIpc) is 3.06. The highest BCUT2D eigenvalue weighted by Crippen LogP contribution is 2.37. The maximum absolute atomic E-state index is 15.3. The fourth-order valence-corrected chi connectivity index (χ4v) is 3.27. The Balaban J connectivity index is 1.70. The molecule has 1 amide bonds. The van der Waals surface area contributed by atoms with E-state index in [9.17, 15) is 4.79 Å². The summed E-state index contributed by atoms with van der Waals surface area (Å²) < 4.78 is 20.9. The third-order valence-corrected chi connectivity index (χ3v) is 4.62. The van der Waals surface area contributed by atoms with Crippen molar-refractivity contribution in [1.29, 1.82) is 0 Å². The van der Waals surface area contributed by atoms with E-state index >= 15 is 4.39 Å². The maximum Gasteiger partial charge on any atom is 0.407 e. The van der Waals surface area contributed by atoms with E-state index in [4.69, 9.17) is 21.1 Å². The summed E-state index contributed by atoms with van der Waals surface area (Å²) >= 11 is 5.89. The van der Waals surface area contributed by atoms with Gasteiger partial charge in [-0.25, -0.2) is 24.1 Å². The fourth-order valence-electron chi connectivity index (χ4n) is 3.12. The number of nitrogens with zero attached hydrogens (tertiary/aromatic N) is 4. The molecule has 2 aromatic heterocycles. The van der Waals surface area contributed by atoms with Crippen molar-refractivity contribution < 1.29 is 18.7 Å². The SMILES string of the molecule is O=C(O)N1CCCC(F)(c2nc3cc(-c4cc(Cl)ncn4)ccc3o2)C1. The summed E-state index contributed by atoms with van der Waals surface area (Å²) in [6, 6.07) is 6.79. The van der Waals surface area contributed by atoms with E-state index in [0.29, 0.717) is 34.9 Å². The Hall–Kier alpha value is -2.74. The first-order chi connectivity index (χ1) is 12.4. The summed E-state index contributed by atoms with van der Waals surface area (Å²) in [6.07, 6.45) is 0.782. The summed E-state index contributed by atoms with van der Waals surface area (Å²) in [4.78, 5) is 24.5. The Morgan fingerprint density at radius 2 is 2.19 bits per heavy atom. The second-order valence-corrected chi connectivity index (χ2v) is 6.59. The molecule has 1 atom stereocenters. The van der Waals surface area contributed by atoms with E-state index in [1.54, 1.807) is 24.3 Å². The molecule has 1 saturated heterocycles. The van der Waals surface area contributed by atoms with Gasteiger partial charge in [-0.15, -0.1) is 0 Å². The molecule has 1 fully saturated rings. The summed E-state index contributed by atoms with van der Waals surface area (Å²) in [7, 11) is 0. The molecular formula is C17H14ClFN4O3. The third kappa shape index (κ3) is 2.96. The van der Waals surface area contributed by atoms with Crippen LogP contribution in [0.15, 0.2) is 35.0 Å². The minimum absolute atomic E-state index is 0.101. The predicted octanol–water partition coefficient (Wildman–Crippen LogP) is 3.88. The largest absolute Gasteiger partial charge is 0.465 e. The molecule has 0 saturated carbocycles. The molecule has 7 nitrogen and oxygen atoms in total. The zero-order valence-electron chi connectivity index (χ0n) is 13.5. The molecule has 3 heterocycles. The van der Waals surface area contributed by atoms with Gasteiger partial charge in [0.15, 0.2) is 5.58 Å². The molecule has 1 aliphatic heterocycles. The van der Waals surface area contributed by atoms with E-state index in [2.05, 4.69) is 15.0 Å². The molecule has 0 aliphatic carbocycles. The number of piperidine rings is 1. The number of hydrogen-bond acceptors (Lipinski definition) is 5. The molecule has 0 radical (unpaired) electrons. The average molecular weight is 377 g/mol. The van der Waals surface area contributed by atoms with Gasteiger partial charge in [-0.1, -0.05) is 11.6 Å². The summed E-state index contributed by atoms with van der Waals surface area (Å²) in [5, 5.41) is 9.44. The number of likely N-dealkylation sites (tertiary alicyclic amines) is 1. The topological polar surface area (TPSA) is 92.3 Å². The van der Waals surface area contributed by atoms with Gasteiger partial charge in [0.05, 0.1) is 12.2 Å². The molecule has 3 aromatic rings. The number of carbonyl (C=O) groups is 1. The van der Waals surface area contributed by atoms with Crippen LogP contribution in [0.2, 0.25) is 5.15 Å². The predicted molar refractivity (Wildman–Crippen MR) is 91.7 cm³/mol. The van der Waals surface area contributed by atoms with Crippen molar-refractivity contribution in [1.82, 2.24) is 19.9 Å². The van der Waals surface area contributed by atoms with Crippen LogP contribution in [-0.4, -0.2) is 44.1 Å². The lowest BCUT2D eigenvalue weighted by molar-refractivity contribution is 0.0248. The highest BCUT2D eigenvalue weighted by atomic mass is 35.5. The molecule has 0 spiro atoms. The first-order valence-electron chi connectivity index (χ1n) is 8.00. The van der Waals surface area contributed by atoms with Gasteiger partial charge in [-0.2, -0.15) is 0 Å². The number of alkyl halides is 1. The number of halogens is 2. The van der Waals surface area contributed by atoms with Crippen molar-refractivity contribution >= 4 is 28.8 Å². The lowest BCUT2D eigenvalue weighted by Gasteiger charge is -2.33. The van der Waals surface area contributed by atoms with Gasteiger partial charge in [0, 0.05) is 18.2 Å². The van der Waals surface area contributed by atoms with Crippen LogP contribution in [-0.2, 0) is 5.67 Å². The van der Waals surface area contributed by atoms with Crippen molar-refractivity contribution in [2.75, 3.05) is 13.1 Å². The second kappa shape index (κ2) is 6.21. The highest BCUT2D eigenvalue weighted by molar-refractivity contribution is 6.29. The van der Waals surface area contributed by atoms with Crippen molar-refractivity contribution in [2.45, 2.75) is 18.5 Å². The minimum Gasteiger partial charge on any atom is -0.465 e. The van der Waals surface area contributed by atoms with E-state index in [0.717, 1.165) is 10.5 Å². The number of rotatable bonds is 2. The Bertz CT molecular complexity index is 995. The summed E-state index contributed by atoms with van der Waals surface area (Å²) in [5.41, 5.74) is 0.310. The Kier molecular flexibility index (Phi) is 3.99. The third-order valence-electron chi connectivity index (χ3n) is 4.41. The molecule has 1 unspecified atom stereocenters. The fraction of sp³-hybridized carbons (Fsp3) is 0.294. The number of carboxylic acid groups (broad SMARTS) is 1. The van der Waals surface area contributed by atoms with Crippen LogP contribution in [0.25, 0.3) is 22.4 Å². The van der Waals surface area contributed by atoms with Gasteiger partial charge in [-0.3, -0.25) is 0 Å². The Labute approximate surface area is 152 Å². The molecule has 1 aliphatic rings. The van der Waals surface area contributed by atoms with Crippen LogP contribution in [0.4, 0.5) is 9.18 Å². The maximum atomic E-state index is 15.3. The molecule has 1 N–H and O–H groups in total. The summed E-state index contributed by atoms with van der Waals surface area (Å²) in [5.74, 6) is -0.101. The molecular weight excluding hydrogens is 363 g/mol. The van der Waals surface area contributed by atoms with Crippen LogP contribution >= 0.6 is 11.6 Å². The molecule has 134 valence electrons. The van der Waals surface area contributed by atoms with Gasteiger partial charge >= 0.3 is 6.09 Å². The number of oxazole rings is 1. The van der Waals surface area contributed by atoms with Crippen LogP contribution in [0, 0.1) is 0 Å². The molecule has 9 heteroatoms. The molecule has 1 aromatic carbocycles. The van der Waals surface area contributed by atoms with Crippen molar-refractivity contribution in [2.24, 2.45) is 0 Å². The van der Waals surface area contributed by atoms with Gasteiger partial charge in [0.2, 0.25) is 11.6 Å². The smallest absolute Gasteiger partial charge is 0.407 e. The van der Waals surface area contributed by atoms with Crippen LogP contribution in [0.1, 0.15) is 18.7 Å². The molecule has 4 rings (SSSR count). The first kappa shape index (κ1) is 16.7. The number of benzene rings is 1. The Morgan fingerprint density at radius 3 is 2.96 bits per heavy atom. The van der Waals surface area contributed by atoms with E-state index in [1.165, 1.54) is 6.33 Å². The lowest BCUT2D eigenvalue weighted by atomic mass is 9.95. The zero-order valence-corrected chi connectivity index (χ0v) is 14.3. The highest BCUT2D eigenvalue weighted by Gasteiger charge is 2.43. The van der Waals surface area contributed by atoms with Gasteiger partial charge < -0.3 is 14.4 Å². The van der Waals surface area contributed by atoms with Crippen LogP contribution < -0.4 is 0 Å². The van der Waals surface area contributed by atoms with Crippen molar-refractivity contribution in [3.8, 4) is 11.3 Å². The lowest BCUT2D eigenvalue weighted by Crippen LogP contribution is -2.46. The first-order valence-corrected chi connectivity index (χ1v) is 8.38. The second-order valence-electron chi connectivity index (χ2n) is 6.20. The van der Waals surface area contributed by atoms with Crippen LogP contribution in [0.5, 0.6) is 0 Å². The minimum atomic E-state index is -1.94. The zero-order chi connectivity index (χ0) is 18.3. The standard InChI is InChI=1S/C17H14ClFN4O3/c18-14-7-11(20-9-21-14)10-2-3-13-12(6-10)22-15(26-13)17(19)4-1-5-23(8-17)16(24)25/h2-3,6-7,9H,1,4-5,8H2,(H,24,25). The van der Waals surface area contributed by atoms with Gasteiger partial charge in [-0.05, 0) is 31.0 Å². The Morgan fingerprint density at radius 1 is 1.35 bits per heavy atom. The van der Waals surface area contributed by atoms with Crippen LogP contribution in [0.3, 0.4) is 0 Å². The monoisotopic (exact) mass is 376 g/mol. The van der Waals surface area contributed by atoms with Crippen molar-refractivity contribution in [3.05, 3.63) is 41.6 Å². The van der Waals surface area contributed by atoms with Gasteiger partial charge in [0.1, 0.15) is 17.0 Å². The molecule has 26 heavy (non-hydrogen) atoms. The number of amides is 1. The normalized spacial score (nSPS) is 20.5. The summed E-state index contributed by atoms with van der Waals surface area (Å²) in [6.45, 7) is 0.0172.